The summed E-state index contributed by atoms with van der Waals surface area (Å²) in [6.07, 6.45) is 5.26. The number of hydrogen-bond donors (Lipinski definition) is 1. The second-order valence-electron chi connectivity index (χ2n) is 4.02. The van der Waals surface area contributed by atoms with E-state index in [1.807, 2.05) is 54.3 Å². The Hall–Kier alpha value is -1.61. The quantitative estimate of drug-likeness (QED) is 0.850. The molecule has 1 aromatic carbocycles. The van der Waals surface area contributed by atoms with Crippen LogP contribution in [0.15, 0.2) is 42.7 Å². The predicted octanol–water partition coefficient (Wildman–Crippen LogP) is 2.19. The average Bonchev–Trinajstić information content (AvgIpc) is 2.76. The fourth-order valence-corrected chi connectivity index (χ4v) is 1.59. The average molecular weight is 216 g/mol. The lowest BCUT2D eigenvalue weighted by Gasteiger charge is -2.01. The normalized spacial score (nSPS) is 12.6. The van der Waals surface area contributed by atoms with Gasteiger partial charge in [-0.1, -0.05) is 18.2 Å². The Morgan fingerprint density at radius 3 is 2.75 bits per heavy atom. The predicted molar refractivity (Wildman–Crippen MR) is 63.6 cm³/mol. The second kappa shape index (κ2) is 4.94. The van der Waals surface area contributed by atoms with Gasteiger partial charge in [0.1, 0.15) is 0 Å². The van der Waals surface area contributed by atoms with Crippen molar-refractivity contribution in [3.63, 3.8) is 0 Å². The van der Waals surface area contributed by atoms with Crippen molar-refractivity contribution in [3.05, 3.63) is 48.3 Å². The maximum atomic E-state index is 9.21. The van der Waals surface area contributed by atoms with Gasteiger partial charge in [0.15, 0.2) is 0 Å². The van der Waals surface area contributed by atoms with Gasteiger partial charge < -0.3 is 5.11 Å². The molecule has 2 aromatic rings. The summed E-state index contributed by atoms with van der Waals surface area (Å²) in [5.41, 5.74) is 2.22. The number of hydrogen-bond acceptors (Lipinski definition) is 2. The van der Waals surface area contributed by atoms with Gasteiger partial charge in [0.05, 0.1) is 18.0 Å². The molecule has 0 aliphatic carbocycles. The molecule has 0 unspecified atom stereocenters. The van der Waals surface area contributed by atoms with Crippen LogP contribution in [0.5, 0.6) is 0 Å². The molecule has 1 heterocycles. The third kappa shape index (κ3) is 2.70. The summed E-state index contributed by atoms with van der Waals surface area (Å²) in [6, 6.07) is 10.0. The zero-order chi connectivity index (χ0) is 11.4. The van der Waals surface area contributed by atoms with Crippen LogP contribution in [0, 0.1) is 0 Å². The molecule has 0 bridgehead atoms. The van der Waals surface area contributed by atoms with E-state index in [1.165, 1.54) is 0 Å². The van der Waals surface area contributed by atoms with Crippen molar-refractivity contribution < 1.29 is 5.11 Å². The molecule has 3 nitrogen and oxygen atoms in total. The Morgan fingerprint density at radius 2 is 2.06 bits per heavy atom. The highest BCUT2D eigenvalue weighted by atomic mass is 16.3. The lowest BCUT2D eigenvalue weighted by molar-refractivity contribution is 0.185. The van der Waals surface area contributed by atoms with Crippen LogP contribution in [-0.4, -0.2) is 21.0 Å². The number of rotatable bonds is 4. The third-order valence-electron chi connectivity index (χ3n) is 2.51. The summed E-state index contributed by atoms with van der Waals surface area (Å²) < 4.78 is 1.86. The minimum Gasteiger partial charge on any atom is -0.393 e. The molecule has 0 saturated carbocycles. The third-order valence-corrected chi connectivity index (χ3v) is 2.51. The van der Waals surface area contributed by atoms with E-state index in [4.69, 9.17) is 0 Å². The van der Waals surface area contributed by atoms with Crippen molar-refractivity contribution in [2.24, 2.45) is 0 Å². The summed E-state index contributed by atoms with van der Waals surface area (Å²) in [6.45, 7) is 1.81. The van der Waals surface area contributed by atoms with Crippen LogP contribution in [0.3, 0.4) is 0 Å². The van der Waals surface area contributed by atoms with E-state index in [0.717, 1.165) is 24.1 Å². The molecule has 0 aliphatic heterocycles. The van der Waals surface area contributed by atoms with Gasteiger partial charge in [-0.3, -0.25) is 0 Å². The molecule has 0 aliphatic rings. The van der Waals surface area contributed by atoms with Gasteiger partial charge in [0.2, 0.25) is 0 Å². The van der Waals surface area contributed by atoms with Gasteiger partial charge in [-0.2, -0.15) is 5.10 Å². The Morgan fingerprint density at radius 1 is 1.31 bits per heavy atom. The van der Waals surface area contributed by atoms with E-state index in [1.54, 1.807) is 0 Å². The largest absolute Gasteiger partial charge is 0.393 e. The number of benzene rings is 1. The Labute approximate surface area is 95.3 Å². The minimum atomic E-state index is -0.250. The molecular formula is C13H16N2O. The number of para-hydroxylation sites is 1. The van der Waals surface area contributed by atoms with Crippen LogP contribution < -0.4 is 0 Å². The lowest BCUT2D eigenvalue weighted by atomic mass is 10.1. The van der Waals surface area contributed by atoms with Crippen LogP contribution in [0.1, 0.15) is 18.9 Å². The van der Waals surface area contributed by atoms with E-state index in [2.05, 4.69) is 5.10 Å². The molecule has 84 valence electrons. The Bertz CT molecular complexity index is 434. The highest BCUT2D eigenvalue weighted by Gasteiger charge is 2.02. The van der Waals surface area contributed by atoms with Gasteiger partial charge >= 0.3 is 0 Å². The molecule has 0 radical (unpaired) electrons. The van der Waals surface area contributed by atoms with Crippen molar-refractivity contribution in [2.75, 3.05) is 0 Å². The van der Waals surface area contributed by atoms with E-state index in [9.17, 15) is 5.11 Å². The van der Waals surface area contributed by atoms with Crippen molar-refractivity contribution in [1.82, 2.24) is 9.78 Å². The SMILES string of the molecule is C[C@@H](O)CCc1cnn(-c2ccccc2)c1. The smallest absolute Gasteiger partial charge is 0.0645 e. The molecule has 16 heavy (non-hydrogen) atoms. The standard InChI is InChI=1S/C13H16N2O/c1-11(16)7-8-12-9-14-15(10-12)13-5-3-2-4-6-13/h2-6,9-11,16H,7-8H2,1H3/t11-/m1/s1. The summed E-state index contributed by atoms with van der Waals surface area (Å²) in [5.74, 6) is 0. The van der Waals surface area contributed by atoms with E-state index in [-0.39, 0.29) is 6.10 Å². The summed E-state index contributed by atoms with van der Waals surface area (Å²) in [4.78, 5) is 0. The molecule has 2 rings (SSSR count). The summed E-state index contributed by atoms with van der Waals surface area (Å²) in [7, 11) is 0. The number of aryl methyl sites for hydroxylation is 1. The van der Waals surface area contributed by atoms with Crippen molar-refractivity contribution in [1.29, 1.82) is 0 Å². The summed E-state index contributed by atoms with van der Waals surface area (Å²) in [5, 5.41) is 13.5. The number of aromatic nitrogens is 2. The molecule has 0 spiro atoms. The Balaban J connectivity index is 2.08. The number of aliphatic hydroxyl groups is 1. The van der Waals surface area contributed by atoms with Crippen LogP contribution in [0.25, 0.3) is 5.69 Å². The van der Waals surface area contributed by atoms with Gasteiger partial charge in [0, 0.05) is 6.20 Å². The molecule has 3 heteroatoms. The molecule has 1 atom stereocenters. The first kappa shape index (κ1) is 10.9. The lowest BCUT2D eigenvalue weighted by Crippen LogP contribution is -2.00. The van der Waals surface area contributed by atoms with Crippen LogP contribution in [0.2, 0.25) is 0 Å². The molecule has 0 amide bonds. The highest BCUT2D eigenvalue weighted by molar-refractivity contribution is 5.30. The van der Waals surface area contributed by atoms with E-state index in [0.29, 0.717) is 0 Å². The van der Waals surface area contributed by atoms with E-state index >= 15 is 0 Å². The molecule has 1 N–H and O–H groups in total. The fraction of sp³-hybridized carbons (Fsp3) is 0.308. The van der Waals surface area contributed by atoms with Gasteiger partial charge in [-0.05, 0) is 37.5 Å². The van der Waals surface area contributed by atoms with Crippen LogP contribution in [-0.2, 0) is 6.42 Å². The zero-order valence-corrected chi connectivity index (χ0v) is 9.37. The first-order valence-corrected chi connectivity index (χ1v) is 5.53. The van der Waals surface area contributed by atoms with Crippen molar-refractivity contribution in [3.8, 4) is 5.69 Å². The first-order chi connectivity index (χ1) is 7.75. The van der Waals surface area contributed by atoms with Crippen LogP contribution in [0.4, 0.5) is 0 Å². The molecular weight excluding hydrogens is 200 g/mol. The van der Waals surface area contributed by atoms with Crippen molar-refractivity contribution >= 4 is 0 Å². The first-order valence-electron chi connectivity index (χ1n) is 5.53. The van der Waals surface area contributed by atoms with Gasteiger partial charge in [0.25, 0.3) is 0 Å². The fourth-order valence-electron chi connectivity index (χ4n) is 1.59. The summed E-state index contributed by atoms with van der Waals surface area (Å²) >= 11 is 0. The monoisotopic (exact) mass is 216 g/mol. The Kier molecular flexibility index (Phi) is 3.37. The minimum absolute atomic E-state index is 0.250. The highest BCUT2D eigenvalue weighted by Crippen LogP contribution is 2.09. The van der Waals surface area contributed by atoms with Gasteiger partial charge in [-0.15, -0.1) is 0 Å². The molecule has 0 saturated heterocycles. The van der Waals surface area contributed by atoms with Crippen molar-refractivity contribution in [2.45, 2.75) is 25.9 Å². The molecule has 1 aromatic heterocycles. The number of nitrogens with zero attached hydrogens (tertiary/aromatic N) is 2. The second-order valence-corrected chi connectivity index (χ2v) is 4.02. The number of aliphatic hydroxyl groups excluding tert-OH is 1. The van der Waals surface area contributed by atoms with Gasteiger partial charge in [-0.25, -0.2) is 4.68 Å². The topological polar surface area (TPSA) is 38.1 Å². The zero-order valence-electron chi connectivity index (χ0n) is 9.37. The maximum absolute atomic E-state index is 9.21. The molecule has 0 fully saturated rings. The maximum Gasteiger partial charge on any atom is 0.0645 e. The van der Waals surface area contributed by atoms with Crippen LogP contribution >= 0.6 is 0 Å². The van der Waals surface area contributed by atoms with E-state index < -0.39 is 0 Å².